The van der Waals surface area contributed by atoms with Crippen LogP contribution in [0.15, 0.2) is 57.9 Å². The Hall–Kier alpha value is -3.03. The van der Waals surface area contributed by atoms with E-state index in [0.29, 0.717) is 30.9 Å². The van der Waals surface area contributed by atoms with Gasteiger partial charge in [-0.1, -0.05) is 18.2 Å². The second-order valence-electron chi connectivity index (χ2n) is 7.49. The molecule has 3 aromatic rings. The van der Waals surface area contributed by atoms with Gasteiger partial charge in [0.15, 0.2) is 0 Å². The van der Waals surface area contributed by atoms with E-state index in [1.54, 1.807) is 6.20 Å². The number of fused-ring (bicyclic) bond motifs is 1. The topological polar surface area (TPSA) is 84.7 Å². The smallest absolute Gasteiger partial charge is 0.336 e. The van der Waals surface area contributed by atoms with Crippen molar-refractivity contribution in [3.63, 3.8) is 0 Å². The summed E-state index contributed by atoms with van der Waals surface area (Å²) in [6.07, 6.45) is 1.88. The Bertz CT molecular complexity index is 1070. The first-order valence-electron chi connectivity index (χ1n) is 10.1. The van der Waals surface area contributed by atoms with Crippen molar-refractivity contribution in [2.45, 2.75) is 19.4 Å². The predicted molar refractivity (Wildman–Crippen MR) is 113 cm³/mol. The number of carbonyl (C=O) groups is 1. The molecule has 1 N–H and O–H groups in total. The third-order valence-corrected chi connectivity index (χ3v) is 5.34. The molecule has 1 saturated heterocycles. The van der Waals surface area contributed by atoms with Crippen molar-refractivity contribution in [1.29, 1.82) is 0 Å². The SMILES string of the molecule is Cc1ccc2c(CC(=O)NCC(c3ccccn3)N3CCOCC3)cc(=O)oc2c1. The number of ether oxygens (including phenoxy) is 1. The minimum atomic E-state index is -0.449. The van der Waals surface area contributed by atoms with E-state index in [1.807, 2.05) is 43.3 Å². The lowest BCUT2D eigenvalue weighted by atomic mass is 10.0. The number of hydrogen-bond donors (Lipinski definition) is 1. The molecule has 7 nitrogen and oxygen atoms in total. The molecule has 1 atom stereocenters. The van der Waals surface area contributed by atoms with Gasteiger partial charge >= 0.3 is 5.63 Å². The highest BCUT2D eigenvalue weighted by Crippen LogP contribution is 2.21. The molecule has 0 radical (unpaired) electrons. The van der Waals surface area contributed by atoms with E-state index in [9.17, 15) is 9.59 Å². The van der Waals surface area contributed by atoms with Gasteiger partial charge in [0, 0.05) is 37.3 Å². The molecule has 1 fully saturated rings. The Morgan fingerprint density at radius 2 is 2.03 bits per heavy atom. The second-order valence-corrected chi connectivity index (χ2v) is 7.49. The Morgan fingerprint density at radius 1 is 1.20 bits per heavy atom. The number of pyridine rings is 1. The van der Waals surface area contributed by atoms with E-state index in [2.05, 4.69) is 15.2 Å². The molecule has 1 amide bonds. The molecule has 4 rings (SSSR count). The molecule has 3 heterocycles. The van der Waals surface area contributed by atoms with Crippen LogP contribution in [0.3, 0.4) is 0 Å². The number of carbonyl (C=O) groups excluding carboxylic acids is 1. The molecule has 1 aromatic carbocycles. The first-order valence-corrected chi connectivity index (χ1v) is 10.1. The largest absolute Gasteiger partial charge is 0.423 e. The van der Waals surface area contributed by atoms with Crippen LogP contribution in [-0.2, 0) is 16.0 Å². The highest BCUT2D eigenvalue weighted by atomic mass is 16.5. The molecule has 30 heavy (non-hydrogen) atoms. The quantitative estimate of drug-likeness (QED) is 0.631. The molecule has 156 valence electrons. The number of nitrogens with one attached hydrogen (secondary N) is 1. The van der Waals surface area contributed by atoms with Crippen molar-refractivity contribution in [3.05, 3.63) is 75.9 Å². The summed E-state index contributed by atoms with van der Waals surface area (Å²) in [7, 11) is 0. The predicted octanol–water partition coefficient (Wildman–Crippen LogP) is 2.23. The summed E-state index contributed by atoms with van der Waals surface area (Å²) in [6.45, 7) is 5.29. The zero-order chi connectivity index (χ0) is 20.9. The van der Waals surface area contributed by atoms with Crippen molar-refractivity contribution < 1.29 is 13.9 Å². The highest BCUT2D eigenvalue weighted by Gasteiger charge is 2.24. The average molecular weight is 407 g/mol. The zero-order valence-electron chi connectivity index (χ0n) is 17.0. The van der Waals surface area contributed by atoms with Crippen LogP contribution in [0.2, 0.25) is 0 Å². The normalized spacial score (nSPS) is 15.8. The first-order chi connectivity index (χ1) is 14.6. The maximum atomic E-state index is 12.7. The minimum absolute atomic E-state index is 0.0284. The van der Waals surface area contributed by atoms with Crippen LogP contribution in [0.1, 0.15) is 22.9 Å². The Balaban J connectivity index is 1.49. The van der Waals surface area contributed by atoms with Gasteiger partial charge in [-0.2, -0.15) is 0 Å². The molecule has 1 aliphatic heterocycles. The van der Waals surface area contributed by atoms with Crippen LogP contribution in [-0.4, -0.2) is 48.6 Å². The number of hydrogen-bond acceptors (Lipinski definition) is 6. The van der Waals surface area contributed by atoms with Gasteiger partial charge in [0.1, 0.15) is 5.58 Å². The monoisotopic (exact) mass is 407 g/mol. The third-order valence-electron chi connectivity index (χ3n) is 5.34. The van der Waals surface area contributed by atoms with Crippen LogP contribution in [0.25, 0.3) is 11.0 Å². The summed E-state index contributed by atoms with van der Waals surface area (Å²) in [5.41, 5.74) is 2.64. The summed E-state index contributed by atoms with van der Waals surface area (Å²) in [6, 6.07) is 12.8. The summed E-state index contributed by atoms with van der Waals surface area (Å²) in [4.78, 5) is 31.4. The molecule has 0 bridgehead atoms. The molecule has 0 saturated carbocycles. The minimum Gasteiger partial charge on any atom is -0.423 e. The molecule has 0 aliphatic carbocycles. The lowest BCUT2D eigenvalue weighted by Crippen LogP contribution is -2.44. The average Bonchev–Trinajstić information content (AvgIpc) is 2.75. The lowest BCUT2D eigenvalue weighted by molar-refractivity contribution is -0.120. The number of rotatable bonds is 6. The van der Waals surface area contributed by atoms with Crippen LogP contribution in [0, 0.1) is 6.92 Å². The summed E-state index contributed by atoms with van der Waals surface area (Å²) < 4.78 is 10.7. The second kappa shape index (κ2) is 9.19. The van der Waals surface area contributed by atoms with Gasteiger partial charge in [-0.25, -0.2) is 4.79 Å². The van der Waals surface area contributed by atoms with Crippen molar-refractivity contribution in [3.8, 4) is 0 Å². The number of aromatic nitrogens is 1. The molecule has 7 heteroatoms. The molecule has 2 aromatic heterocycles. The number of benzene rings is 1. The molecular formula is C23H25N3O4. The fraction of sp³-hybridized carbons (Fsp3) is 0.348. The van der Waals surface area contributed by atoms with Crippen molar-refractivity contribution in [2.24, 2.45) is 0 Å². The number of amides is 1. The van der Waals surface area contributed by atoms with E-state index in [-0.39, 0.29) is 18.4 Å². The Labute approximate surface area is 174 Å². The Morgan fingerprint density at radius 3 is 2.80 bits per heavy atom. The standard InChI is InChI=1S/C23H25N3O4/c1-16-5-6-18-17(14-23(28)30-21(18)12-16)13-22(27)25-15-20(19-4-2-3-7-24-19)26-8-10-29-11-9-26/h2-7,12,14,20H,8-11,13,15H2,1H3,(H,25,27). The van der Waals surface area contributed by atoms with Crippen LogP contribution < -0.4 is 10.9 Å². The highest BCUT2D eigenvalue weighted by molar-refractivity contribution is 5.87. The first kappa shape index (κ1) is 20.3. The fourth-order valence-corrected chi connectivity index (χ4v) is 3.81. The fourth-order valence-electron chi connectivity index (χ4n) is 3.81. The lowest BCUT2D eigenvalue weighted by Gasteiger charge is -2.34. The van der Waals surface area contributed by atoms with Gasteiger partial charge in [0.25, 0.3) is 0 Å². The van der Waals surface area contributed by atoms with Gasteiger partial charge in [-0.05, 0) is 36.2 Å². The van der Waals surface area contributed by atoms with E-state index in [4.69, 9.17) is 9.15 Å². The number of aryl methyl sites for hydroxylation is 1. The van der Waals surface area contributed by atoms with E-state index in [0.717, 1.165) is 29.7 Å². The van der Waals surface area contributed by atoms with Gasteiger partial charge in [0.2, 0.25) is 5.91 Å². The van der Waals surface area contributed by atoms with Gasteiger partial charge in [-0.15, -0.1) is 0 Å². The number of morpholine rings is 1. The third kappa shape index (κ3) is 4.75. The molecule has 0 spiro atoms. The van der Waals surface area contributed by atoms with Gasteiger partial charge in [0.05, 0.1) is 31.4 Å². The molecule has 1 aliphatic rings. The Kier molecular flexibility index (Phi) is 6.21. The van der Waals surface area contributed by atoms with Crippen molar-refractivity contribution >= 4 is 16.9 Å². The van der Waals surface area contributed by atoms with Crippen molar-refractivity contribution in [1.82, 2.24) is 15.2 Å². The molecular weight excluding hydrogens is 382 g/mol. The summed E-state index contributed by atoms with van der Waals surface area (Å²) in [5.74, 6) is -0.142. The maximum absolute atomic E-state index is 12.7. The van der Waals surface area contributed by atoms with Crippen LogP contribution in [0.4, 0.5) is 0 Å². The summed E-state index contributed by atoms with van der Waals surface area (Å²) >= 11 is 0. The molecule has 1 unspecified atom stereocenters. The summed E-state index contributed by atoms with van der Waals surface area (Å²) in [5, 5.41) is 3.81. The van der Waals surface area contributed by atoms with E-state index in [1.165, 1.54) is 6.07 Å². The maximum Gasteiger partial charge on any atom is 0.336 e. The van der Waals surface area contributed by atoms with E-state index < -0.39 is 5.63 Å². The van der Waals surface area contributed by atoms with Crippen LogP contribution in [0.5, 0.6) is 0 Å². The van der Waals surface area contributed by atoms with Crippen molar-refractivity contribution in [2.75, 3.05) is 32.8 Å². The number of nitrogens with zero attached hydrogens (tertiary/aromatic N) is 2. The van der Waals surface area contributed by atoms with Gasteiger partial charge in [-0.3, -0.25) is 14.7 Å². The van der Waals surface area contributed by atoms with Crippen LogP contribution >= 0.6 is 0 Å². The van der Waals surface area contributed by atoms with E-state index >= 15 is 0 Å². The van der Waals surface area contributed by atoms with Gasteiger partial charge < -0.3 is 14.5 Å². The zero-order valence-corrected chi connectivity index (χ0v) is 17.0.